The van der Waals surface area contributed by atoms with Gasteiger partial charge in [-0.15, -0.1) is 0 Å². The van der Waals surface area contributed by atoms with E-state index in [2.05, 4.69) is 11.9 Å². The molecule has 0 spiro atoms. The number of ether oxygens (including phenoxy) is 1. The summed E-state index contributed by atoms with van der Waals surface area (Å²) in [4.78, 5) is 4.36. The molecule has 0 radical (unpaired) electrons. The highest BCUT2D eigenvalue weighted by molar-refractivity contribution is 7.89. The largest absolute Gasteiger partial charge is 0.494 e. The van der Waals surface area contributed by atoms with Crippen molar-refractivity contribution in [2.24, 2.45) is 10.1 Å². The van der Waals surface area contributed by atoms with Crippen molar-refractivity contribution < 1.29 is 13.2 Å². The molecule has 0 aliphatic heterocycles. The van der Waals surface area contributed by atoms with Crippen molar-refractivity contribution in [1.82, 2.24) is 0 Å². The molecule has 0 aliphatic rings. The van der Waals surface area contributed by atoms with Crippen LogP contribution >= 0.6 is 0 Å². The molecule has 2 aromatic carbocycles. The number of sulfonamides is 1. The Morgan fingerprint density at radius 1 is 1.09 bits per heavy atom. The summed E-state index contributed by atoms with van der Waals surface area (Å²) in [5.74, 6) is 0.830. The Kier molecular flexibility index (Phi) is 5.30. The summed E-state index contributed by atoms with van der Waals surface area (Å²) in [7, 11) is -3.66. The van der Waals surface area contributed by atoms with Gasteiger partial charge in [-0.2, -0.15) is 0 Å². The lowest BCUT2D eigenvalue weighted by molar-refractivity contribution is 0.317. The summed E-state index contributed by atoms with van der Waals surface area (Å²) in [6.07, 6.45) is 2.67. The van der Waals surface area contributed by atoms with Crippen molar-refractivity contribution in [3.05, 3.63) is 54.1 Å². The van der Waals surface area contributed by atoms with E-state index in [4.69, 9.17) is 9.88 Å². The average Bonchev–Trinajstić information content (AvgIpc) is 2.51. The fraction of sp³-hybridized carbons (Fsp3) is 0.188. The summed E-state index contributed by atoms with van der Waals surface area (Å²) in [6.45, 7) is 2.76. The van der Waals surface area contributed by atoms with E-state index in [-0.39, 0.29) is 4.90 Å². The van der Waals surface area contributed by atoms with E-state index < -0.39 is 10.0 Å². The fourth-order valence-electron chi connectivity index (χ4n) is 1.74. The van der Waals surface area contributed by atoms with Crippen LogP contribution in [0.5, 0.6) is 5.75 Å². The molecular weight excluding hydrogens is 300 g/mol. The first-order chi connectivity index (χ1) is 10.5. The third-order valence-corrected chi connectivity index (χ3v) is 3.81. The number of nitrogens with zero attached hydrogens (tertiary/aromatic N) is 1. The molecule has 2 aromatic rings. The molecule has 6 heteroatoms. The molecule has 116 valence electrons. The highest BCUT2D eigenvalue weighted by atomic mass is 32.2. The van der Waals surface area contributed by atoms with Gasteiger partial charge in [-0.3, -0.25) is 4.99 Å². The van der Waals surface area contributed by atoms with Crippen LogP contribution in [0.4, 0.5) is 5.69 Å². The Balaban J connectivity index is 2.05. The summed E-state index contributed by atoms with van der Waals surface area (Å²) < 4.78 is 27.8. The lowest BCUT2D eigenvalue weighted by Gasteiger charge is -2.03. The van der Waals surface area contributed by atoms with Crippen LogP contribution in [0.15, 0.2) is 58.4 Å². The molecule has 0 atom stereocenters. The first-order valence-electron chi connectivity index (χ1n) is 6.89. The second kappa shape index (κ2) is 7.20. The van der Waals surface area contributed by atoms with Gasteiger partial charge in [0.1, 0.15) is 5.75 Å². The number of benzene rings is 2. The average molecular weight is 318 g/mol. The van der Waals surface area contributed by atoms with Gasteiger partial charge < -0.3 is 4.74 Å². The molecule has 2 N–H and O–H groups in total. The molecule has 0 aromatic heterocycles. The third kappa shape index (κ3) is 4.68. The van der Waals surface area contributed by atoms with Crippen LogP contribution in [0, 0.1) is 0 Å². The third-order valence-electron chi connectivity index (χ3n) is 2.88. The zero-order chi connectivity index (χ0) is 16.0. The molecule has 0 unspecified atom stereocenters. The number of rotatable bonds is 6. The van der Waals surface area contributed by atoms with Gasteiger partial charge in [0.15, 0.2) is 0 Å². The van der Waals surface area contributed by atoms with Crippen molar-refractivity contribution in [1.29, 1.82) is 0 Å². The van der Waals surface area contributed by atoms with Gasteiger partial charge in [0.05, 0.1) is 17.2 Å². The second-order valence-corrected chi connectivity index (χ2v) is 6.28. The standard InChI is InChI=1S/C16H18N2O3S/c1-2-11-21-15-7-3-13(4-8-15)12-18-14-5-9-16(10-6-14)22(17,19)20/h3-10,12H,2,11H2,1H3,(H2,17,19,20). The molecule has 0 heterocycles. The molecular formula is C16H18N2O3S. The quantitative estimate of drug-likeness (QED) is 0.831. The minimum atomic E-state index is -3.66. The molecule has 5 nitrogen and oxygen atoms in total. The second-order valence-electron chi connectivity index (χ2n) is 4.71. The molecule has 0 fully saturated rings. The lowest BCUT2D eigenvalue weighted by atomic mass is 10.2. The minimum absolute atomic E-state index is 0.0730. The number of nitrogens with two attached hydrogens (primary N) is 1. The number of aliphatic imine (C=N–C) groups is 1. The highest BCUT2D eigenvalue weighted by Crippen LogP contribution is 2.16. The van der Waals surface area contributed by atoms with Gasteiger partial charge in [0.2, 0.25) is 10.0 Å². The Morgan fingerprint density at radius 2 is 1.73 bits per heavy atom. The number of hydrogen-bond donors (Lipinski definition) is 1. The fourth-order valence-corrected chi connectivity index (χ4v) is 2.26. The first kappa shape index (κ1) is 16.2. The maximum Gasteiger partial charge on any atom is 0.238 e. The van der Waals surface area contributed by atoms with Crippen LogP contribution in [0.25, 0.3) is 0 Å². The normalized spacial score (nSPS) is 11.7. The van der Waals surface area contributed by atoms with E-state index in [0.29, 0.717) is 12.3 Å². The maximum atomic E-state index is 11.2. The van der Waals surface area contributed by atoms with Crippen LogP contribution < -0.4 is 9.88 Å². The highest BCUT2D eigenvalue weighted by Gasteiger charge is 2.05. The maximum absolute atomic E-state index is 11.2. The molecule has 0 saturated heterocycles. The van der Waals surface area contributed by atoms with Crippen molar-refractivity contribution in [2.45, 2.75) is 18.2 Å². The minimum Gasteiger partial charge on any atom is -0.494 e. The van der Waals surface area contributed by atoms with Gasteiger partial charge in [-0.05, 0) is 60.5 Å². The predicted octanol–water partition coefficient (Wildman–Crippen LogP) is 2.87. The van der Waals surface area contributed by atoms with Gasteiger partial charge >= 0.3 is 0 Å². The molecule has 22 heavy (non-hydrogen) atoms. The van der Waals surface area contributed by atoms with Crippen molar-refractivity contribution in [2.75, 3.05) is 6.61 Å². The van der Waals surface area contributed by atoms with E-state index in [0.717, 1.165) is 17.7 Å². The van der Waals surface area contributed by atoms with E-state index in [1.54, 1.807) is 18.3 Å². The van der Waals surface area contributed by atoms with Crippen LogP contribution in [0.2, 0.25) is 0 Å². The van der Waals surface area contributed by atoms with Crippen molar-refractivity contribution in [3.63, 3.8) is 0 Å². The van der Waals surface area contributed by atoms with E-state index in [1.807, 2.05) is 24.3 Å². The Hall–Kier alpha value is -2.18. The molecule has 0 aliphatic carbocycles. The van der Waals surface area contributed by atoms with E-state index in [1.165, 1.54) is 12.1 Å². The summed E-state index contributed by atoms with van der Waals surface area (Å²) in [5, 5.41) is 5.04. The van der Waals surface area contributed by atoms with E-state index in [9.17, 15) is 8.42 Å². The molecule has 2 rings (SSSR count). The number of hydrogen-bond acceptors (Lipinski definition) is 4. The van der Waals surface area contributed by atoms with Gasteiger partial charge in [0, 0.05) is 6.21 Å². The zero-order valence-electron chi connectivity index (χ0n) is 12.3. The molecule has 0 saturated carbocycles. The topological polar surface area (TPSA) is 81.8 Å². The number of primary sulfonamides is 1. The summed E-state index contributed by atoms with van der Waals surface area (Å²) in [5.41, 5.74) is 1.58. The van der Waals surface area contributed by atoms with Crippen molar-refractivity contribution >= 4 is 21.9 Å². The summed E-state index contributed by atoms with van der Waals surface area (Å²) in [6, 6.07) is 13.7. The van der Waals surface area contributed by atoms with Gasteiger partial charge in [0.25, 0.3) is 0 Å². The monoisotopic (exact) mass is 318 g/mol. The summed E-state index contributed by atoms with van der Waals surface area (Å²) >= 11 is 0. The first-order valence-corrected chi connectivity index (χ1v) is 8.43. The van der Waals surface area contributed by atoms with Gasteiger partial charge in [-0.25, -0.2) is 13.6 Å². The predicted molar refractivity (Wildman–Crippen MR) is 87.3 cm³/mol. The lowest BCUT2D eigenvalue weighted by Crippen LogP contribution is -2.11. The molecule has 0 bridgehead atoms. The smallest absolute Gasteiger partial charge is 0.238 e. The Labute approximate surface area is 130 Å². The van der Waals surface area contributed by atoms with Crippen LogP contribution in [0.1, 0.15) is 18.9 Å². The van der Waals surface area contributed by atoms with Crippen LogP contribution in [0.3, 0.4) is 0 Å². The zero-order valence-corrected chi connectivity index (χ0v) is 13.1. The van der Waals surface area contributed by atoms with Crippen molar-refractivity contribution in [3.8, 4) is 5.75 Å². The SMILES string of the molecule is CCCOc1ccc(C=Nc2ccc(S(N)(=O)=O)cc2)cc1. The Bertz CT molecular complexity index is 736. The van der Waals surface area contributed by atoms with Gasteiger partial charge in [-0.1, -0.05) is 6.92 Å². The Morgan fingerprint density at radius 3 is 2.27 bits per heavy atom. The molecule has 0 amide bonds. The van der Waals surface area contributed by atoms with E-state index >= 15 is 0 Å². The van der Waals surface area contributed by atoms with Crippen LogP contribution in [-0.2, 0) is 10.0 Å². The van der Waals surface area contributed by atoms with Crippen LogP contribution in [-0.4, -0.2) is 21.2 Å².